The monoisotopic (exact) mass is 620 g/mol. The van der Waals surface area contributed by atoms with E-state index in [4.69, 9.17) is 0 Å². The Labute approximate surface area is 231 Å². The molecule has 0 bridgehead atoms. The van der Waals surface area contributed by atoms with Gasteiger partial charge in [-0.3, -0.25) is 9.59 Å². The Morgan fingerprint density at radius 1 is 1.00 bits per heavy atom. The van der Waals surface area contributed by atoms with Crippen LogP contribution in [0.25, 0.3) is 16.3 Å². The number of hydrogen-bond acceptors (Lipinski definition) is 5. The summed E-state index contributed by atoms with van der Waals surface area (Å²) in [5, 5.41) is 8.08. The number of hydrogen-bond donors (Lipinski definition) is 2. The summed E-state index contributed by atoms with van der Waals surface area (Å²) in [6.45, 7) is 11.2. The first-order valence-corrected chi connectivity index (χ1v) is 12.9. The maximum atomic E-state index is 11.4. The first-order valence-electron chi connectivity index (χ1n) is 11.3. The average molecular weight is 621 g/mol. The van der Waals surface area contributed by atoms with E-state index in [0.29, 0.717) is 0 Å². The van der Waals surface area contributed by atoms with Gasteiger partial charge in [0.1, 0.15) is 11.2 Å². The normalized spacial score (nSPS) is 14.1. The van der Waals surface area contributed by atoms with Gasteiger partial charge >= 0.3 is 0 Å². The standard InChI is InChI=1S/C26H28N4O2S2.HI/c1-6-29-21-10-8-19(27-17(4)31)14-23(21)33-25(29)12-16(3)13-26-30(7-2)22-11-9-20(28-18(5)32)15-24(22)34-26;/h8-15H,6-7H2,1-5H3,(H-,27,28,31,32);1H. The number of carbonyl (C=O) groups excluding carboxylic acids is 2. The molecule has 35 heavy (non-hydrogen) atoms. The molecular formula is C26H29IN4O2S2. The fourth-order valence-electron chi connectivity index (χ4n) is 4.07. The number of benzene rings is 2. The van der Waals surface area contributed by atoms with Gasteiger partial charge in [-0.25, -0.2) is 0 Å². The quantitative estimate of drug-likeness (QED) is 0.329. The van der Waals surface area contributed by atoms with Crippen molar-refractivity contribution in [1.82, 2.24) is 0 Å². The second kappa shape index (κ2) is 11.6. The van der Waals surface area contributed by atoms with Crippen LogP contribution in [0.5, 0.6) is 0 Å². The molecule has 2 aromatic carbocycles. The van der Waals surface area contributed by atoms with Crippen LogP contribution in [0.15, 0.2) is 58.0 Å². The molecule has 1 aliphatic heterocycles. The van der Waals surface area contributed by atoms with Gasteiger partial charge in [0, 0.05) is 48.8 Å². The number of rotatable bonds is 6. The van der Waals surface area contributed by atoms with E-state index in [1.807, 2.05) is 24.3 Å². The van der Waals surface area contributed by atoms with Crippen molar-refractivity contribution in [3.05, 3.63) is 58.1 Å². The molecule has 2 amide bonds. The Bertz CT molecular complexity index is 1350. The molecule has 1 aromatic heterocycles. The zero-order valence-corrected chi connectivity index (χ0v) is 24.2. The molecule has 9 heteroatoms. The first-order chi connectivity index (χ1) is 16.3. The van der Waals surface area contributed by atoms with E-state index in [1.165, 1.54) is 23.9 Å². The third kappa shape index (κ3) is 6.07. The summed E-state index contributed by atoms with van der Waals surface area (Å²) in [6.07, 6.45) is 4.44. The van der Waals surface area contributed by atoms with Gasteiger partial charge in [-0.05, 0) is 62.8 Å². The topological polar surface area (TPSA) is 65.3 Å². The number of thiazole rings is 1. The number of nitrogens with one attached hydrogen (secondary N) is 2. The maximum Gasteiger partial charge on any atom is 0.262 e. The molecule has 0 spiro atoms. The van der Waals surface area contributed by atoms with Crippen molar-refractivity contribution in [2.24, 2.45) is 0 Å². The van der Waals surface area contributed by atoms with Crippen LogP contribution in [0.2, 0.25) is 0 Å². The molecule has 1 aliphatic rings. The fraction of sp³-hybridized carbons (Fsp3) is 0.269. The number of amides is 2. The smallest absolute Gasteiger partial charge is 0.262 e. The summed E-state index contributed by atoms with van der Waals surface area (Å²) >= 11 is 3.45. The lowest BCUT2D eigenvalue weighted by atomic mass is 10.2. The van der Waals surface area contributed by atoms with E-state index in [-0.39, 0.29) is 35.8 Å². The van der Waals surface area contributed by atoms with E-state index in [1.54, 1.807) is 23.1 Å². The Hall–Kier alpha value is -2.37. The molecule has 2 N–H and O–H groups in total. The van der Waals surface area contributed by atoms with Crippen molar-refractivity contribution < 1.29 is 38.1 Å². The Kier molecular flexibility index (Phi) is 9.00. The zero-order valence-electron chi connectivity index (χ0n) is 20.4. The van der Waals surface area contributed by atoms with Crippen molar-refractivity contribution in [1.29, 1.82) is 0 Å². The van der Waals surface area contributed by atoms with E-state index in [0.717, 1.165) is 50.8 Å². The number of halogens is 1. The Morgan fingerprint density at radius 2 is 1.66 bits per heavy atom. The van der Waals surface area contributed by atoms with Crippen LogP contribution in [0.3, 0.4) is 0 Å². The molecule has 0 saturated heterocycles. The van der Waals surface area contributed by atoms with Gasteiger partial charge in [0.25, 0.3) is 5.01 Å². The molecule has 2 heterocycles. The van der Waals surface area contributed by atoms with Crippen molar-refractivity contribution in [2.75, 3.05) is 22.1 Å². The molecule has 0 saturated carbocycles. The van der Waals surface area contributed by atoms with Gasteiger partial charge in [0.05, 0.1) is 10.7 Å². The molecular weight excluding hydrogens is 591 g/mol. The third-order valence-corrected chi connectivity index (χ3v) is 7.63. The largest absolute Gasteiger partial charge is 1.00 e. The average Bonchev–Trinajstić information content (AvgIpc) is 3.28. The lowest BCUT2D eigenvalue weighted by Gasteiger charge is -2.18. The number of allylic oxidation sites excluding steroid dienone is 2. The number of fused-ring (bicyclic) bond motifs is 2. The number of aryl methyl sites for hydroxylation is 1. The van der Waals surface area contributed by atoms with Crippen molar-refractivity contribution in [2.45, 2.75) is 46.1 Å². The van der Waals surface area contributed by atoms with E-state index in [2.05, 4.69) is 65.2 Å². The van der Waals surface area contributed by atoms with Crippen LogP contribution in [0, 0.1) is 0 Å². The predicted molar refractivity (Wildman–Crippen MR) is 143 cm³/mol. The predicted octanol–water partition coefficient (Wildman–Crippen LogP) is 3.01. The molecule has 0 atom stereocenters. The van der Waals surface area contributed by atoms with Gasteiger partial charge in [-0.1, -0.05) is 23.1 Å². The maximum absolute atomic E-state index is 11.4. The van der Waals surface area contributed by atoms with Crippen LogP contribution >= 0.6 is 23.1 Å². The highest BCUT2D eigenvalue weighted by atomic mass is 127. The number of thioether (sulfide) groups is 1. The van der Waals surface area contributed by atoms with Crippen molar-refractivity contribution >= 4 is 68.3 Å². The van der Waals surface area contributed by atoms with Crippen molar-refractivity contribution in [3.63, 3.8) is 0 Å². The highest BCUT2D eigenvalue weighted by Crippen LogP contribution is 2.47. The van der Waals surface area contributed by atoms with E-state index < -0.39 is 0 Å². The second-order valence-electron chi connectivity index (χ2n) is 8.13. The Balaban J connectivity index is 0.00000342. The summed E-state index contributed by atoms with van der Waals surface area (Å²) < 4.78 is 3.44. The lowest BCUT2D eigenvalue weighted by molar-refractivity contribution is -0.665. The number of nitrogens with zero attached hydrogens (tertiary/aromatic N) is 2. The van der Waals surface area contributed by atoms with Crippen LogP contribution in [0.1, 0.15) is 39.6 Å². The van der Waals surface area contributed by atoms with Gasteiger partial charge in [-0.15, -0.1) is 0 Å². The minimum absolute atomic E-state index is 0. The molecule has 3 aromatic rings. The van der Waals surface area contributed by atoms with E-state index >= 15 is 0 Å². The third-order valence-electron chi connectivity index (χ3n) is 5.44. The van der Waals surface area contributed by atoms with Crippen molar-refractivity contribution in [3.8, 4) is 0 Å². The minimum Gasteiger partial charge on any atom is -1.00 e. The van der Waals surface area contributed by atoms with Crippen LogP contribution in [-0.4, -0.2) is 18.4 Å². The SMILES string of the molecule is CCN1/C(=C\C(C)=C\c2sc3cc(NC(C)=O)ccc3[n+]2CC)Sc2cc(NC(C)=O)ccc21.[I-]. The molecule has 184 valence electrons. The van der Waals surface area contributed by atoms with Crippen LogP contribution in [-0.2, 0) is 16.1 Å². The number of carbonyl (C=O) groups is 2. The first kappa shape index (κ1) is 27.2. The summed E-state index contributed by atoms with van der Waals surface area (Å²) in [4.78, 5) is 26.3. The highest BCUT2D eigenvalue weighted by Gasteiger charge is 2.25. The van der Waals surface area contributed by atoms with Gasteiger partial charge in [-0.2, -0.15) is 4.57 Å². The fourth-order valence-corrected chi connectivity index (χ4v) is 6.62. The molecule has 0 unspecified atom stereocenters. The van der Waals surface area contributed by atoms with E-state index in [9.17, 15) is 9.59 Å². The van der Waals surface area contributed by atoms with Crippen LogP contribution in [0.4, 0.5) is 17.1 Å². The van der Waals surface area contributed by atoms with Gasteiger partial charge in [0.15, 0.2) is 0 Å². The van der Waals surface area contributed by atoms with Gasteiger partial charge in [0.2, 0.25) is 17.3 Å². The minimum atomic E-state index is -0.0680. The zero-order chi connectivity index (χ0) is 24.4. The van der Waals surface area contributed by atoms with Crippen LogP contribution < -0.4 is 44.1 Å². The second-order valence-corrected chi connectivity index (χ2v) is 10.3. The molecule has 0 aliphatic carbocycles. The summed E-state index contributed by atoms with van der Waals surface area (Å²) in [7, 11) is 0. The molecule has 4 rings (SSSR count). The molecule has 0 radical (unpaired) electrons. The lowest BCUT2D eigenvalue weighted by Crippen LogP contribution is -3.00. The highest BCUT2D eigenvalue weighted by molar-refractivity contribution is 8.03. The molecule has 6 nitrogen and oxygen atoms in total. The summed E-state index contributed by atoms with van der Waals surface area (Å²) in [5.74, 6) is -0.136. The number of anilines is 3. The summed E-state index contributed by atoms with van der Waals surface area (Å²) in [5.41, 5.74) is 5.12. The summed E-state index contributed by atoms with van der Waals surface area (Å²) in [6, 6.07) is 12.1. The molecule has 0 fully saturated rings. The number of aromatic nitrogens is 1. The Morgan fingerprint density at radius 3 is 2.29 bits per heavy atom. The van der Waals surface area contributed by atoms with Gasteiger partial charge < -0.3 is 39.5 Å².